The van der Waals surface area contributed by atoms with Gasteiger partial charge in [0.1, 0.15) is 31.3 Å². The molecule has 1 N–H and O–H groups in total. The van der Waals surface area contributed by atoms with E-state index in [1.165, 1.54) is 29.7 Å². The van der Waals surface area contributed by atoms with Crippen LogP contribution in [-0.4, -0.2) is 40.4 Å². The Bertz CT molecular complexity index is 887. The van der Waals surface area contributed by atoms with Gasteiger partial charge in [-0.3, -0.25) is 9.59 Å². The number of aryl methyl sites for hydroxylation is 1. The molecule has 0 aromatic carbocycles. The quantitative estimate of drug-likeness (QED) is 0.693. The molecule has 0 radical (unpaired) electrons. The molecule has 0 fully saturated rings. The van der Waals surface area contributed by atoms with Crippen LogP contribution in [0.5, 0.6) is 0 Å². The zero-order valence-corrected chi connectivity index (χ0v) is 12.1. The topological polar surface area (TPSA) is 120 Å². The van der Waals surface area contributed by atoms with Crippen molar-refractivity contribution in [2.24, 2.45) is 0 Å². The summed E-state index contributed by atoms with van der Waals surface area (Å²) in [6, 6.07) is 4.49. The first kappa shape index (κ1) is 14.5. The summed E-state index contributed by atoms with van der Waals surface area (Å²) in [6.07, 6.45) is 4.14. The molecule has 10 nitrogen and oxygen atoms in total. The van der Waals surface area contributed by atoms with Crippen molar-refractivity contribution < 1.29 is 4.79 Å². The van der Waals surface area contributed by atoms with Gasteiger partial charge in [0.2, 0.25) is 5.91 Å². The molecule has 3 aromatic heterocycles. The standard InChI is InChI=1S/C13H12N8O2/c1-9-2-3-13(23)20(19-9)5-12(22)18-10-4-11(16-7-15-10)21-8-14-6-17-21/h2-4,6-8H,5H2,1H3,(H,15,16,18,22). The molecular formula is C13H12N8O2. The van der Waals surface area contributed by atoms with Crippen molar-refractivity contribution in [1.29, 1.82) is 0 Å². The summed E-state index contributed by atoms with van der Waals surface area (Å²) in [5.41, 5.74) is 0.296. The number of nitrogens with zero attached hydrogens (tertiary/aromatic N) is 7. The summed E-state index contributed by atoms with van der Waals surface area (Å²) >= 11 is 0. The minimum atomic E-state index is -0.423. The number of anilines is 1. The largest absolute Gasteiger partial charge is 0.309 e. The maximum Gasteiger partial charge on any atom is 0.267 e. The molecule has 116 valence electrons. The Hall–Kier alpha value is -3.43. The lowest BCUT2D eigenvalue weighted by atomic mass is 10.4. The minimum Gasteiger partial charge on any atom is -0.309 e. The van der Waals surface area contributed by atoms with Crippen molar-refractivity contribution in [1.82, 2.24) is 34.5 Å². The second-order valence-corrected chi connectivity index (χ2v) is 4.62. The van der Waals surface area contributed by atoms with Gasteiger partial charge in [0, 0.05) is 12.1 Å². The molecule has 0 saturated heterocycles. The Balaban J connectivity index is 1.74. The summed E-state index contributed by atoms with van der Waals surface area (Å²) in [7, 11) is 0. The van der Waals surface area contributed by atoms with E-state index in [1.54, 1.807) is 19.1 Å². The van der Waals surface area contributed by atoms with Gasteiger partial charge in [-0.05, 0) is 13.0 Å². The number of nitrogens with one attached hydrogen (secondary N) is 1. The van der Waals surface area contributed by atoms with Crippen LogP contribution in [0.15, 0.2) is 42.0 Å². The van der Waals surface area contributed by atoms with Crippen LogP contribution in [-0.2, 0) is 11.3 Å². The lowest BCUT2D eigenvalue weighted by Gasteiger charge is -2.07. The second-order valence-electron chi connectivity index (χ2n) is 4.62. The highest BCUT2D eigenvalue weighted by atomic mass is 16.2. The summed E-state index contributed by atoms with van der Waals surface area (Å²) in [6.45, 7) is 1.53. The fourth-order valence-electron chi connectivity index (χ4n) is 1.85. The maximum absolute atomic E-state index is 12.0. The van der Waals surface area contributed by atoms with Crippen molar-refractivity contribution in [2.45, 2.75) is 13.5 Å². The first-order valence-electron chi connectivity index (χ1n) is 6.63. The smallest absolute Gasteiger partial charge is 0.267 e. The van der Waals surface area contributed by atoms with Crippen molar-refractivity contribution in [2.75, 3.05) is 5.32 Å². The number of carbonyl (C=O) groups is 1. The van der Waals surface area contributed by atoms with Gasteiger partial charge in [-0.15, -0.1) is 0 Å². The number of aromatic nitrogens is 7. The molecule has 10 heteroatoms. The molecule has 3 rings (SSSR count). The molecule has 23 heavy (non-hydrogen) atoms. The molecule has 0 unspecified atom stereocenters. The molecule has 0 aliphatic heterocycles. The fraction of sp³-hybridized carbons (Fsp3) is 0.154. The lowest BCUT2D eigenvalue weighted by molar-refractivity contribution is -0.117. The SMILES string of the molecule is Cc1ccc(=O)n(CC(=O)Nc2cc(-n3cncn3)ncn2)n1. The monoisotopic (exact) mass is 312 g/mol. The van der Waals surface area contributed by atoms with Gasteiger partial charge in [-0.2, -0.15) is 10.2 Å². The average Bonchev–Trinajstić information content (AvgIpc) is 3.05. The maximum atomic E-state index is 12.0. The molecule has 0 atom stereocenters. The molecule has 0 aliphatic carbocycles. The van der Waals surface area contributed by atoms with Crippen LogP contribution in [0.4, 0.5) is 5.82 Å². The van der Waals surface area contributed by atoms with E-state index in [0.717, 1.165) is 4.68 Å². The van der Waals surface area contributed by atoms with Crippen LogP contribution < -0.4 is 10.9 Å². The molecule has 0 bridgehead atoms. The van der Waals surface area contributed by atoms with E-state index < -0.39 is 5.91 Å². The first-order chi connectivity index (χ1) is 11.1. The molecule has 0 spiro atoms. The number of rotatable bonds is 4. The summed E-state index contributed by atoms with van der Waals surface area (Å²) in [5, 5.41) is 10.5. The van der Waals surface area contributed by atoms with E-state index in [-0.39, 0.29) is 17.9 Å². The van der Waals surface area contributed by atoms with Crippen molar-refractivity contribution in [3.63, 3.8) is 0 Å². The van der Waals surface area contributed by atoms with Crippen molar-refractivity contribution in [3.05, 3.63) is 53.2 Å². The van der Waals surface area contributed by atoms with Crippen LogP contribution >= 0.6 is 0 Å². The number of hydrogen-bond acceptors (Lipinski definition) is 7. The van der Waals surface area contributed by atoms with Gasteiger partial charge in [0.15, 0.2) is 5.82 Å². The highest BCUT2D eigenvalue weighted by Crippen LogP contribution is 2.07. The Labute approximate surface area is 129 Å². The third-order valence-corrected chi connectivity index (χ3v) is 2.87. The van der Waals surface area contributed by atoms with E-state index >= 15 is 0 Å². The first-order valence-corrected chi connectivity index (χ1v) is 6.63. The van der Waals surface area contributed by atoms with Gasteiger partial charge in [-0.25, -0.2) is 24.3 Å². The Morgan fingerprint density at radius 3 is 2.91 bits per heavy atom. The highest BCUT2D eigenvalue weighted by molar-refractivity contribution is 5.89. The van der Waals surface area contributed by atoms with E-state index in [2.05, 4.69) is 30.5 Å². The predicted octanol–water partition coefficient (Wildman–Crippen LogP) is -0.439. The van der Waals surface area contributed by atoms with E-state index in [0.29, 0.717) is 11.5 Å². The third-order valence-electron chi connectivity index (χ3n) is 2.87. The van der Waals surface area contributed by atoms with Crippen molar-refractivity contribution >= 4 is 11.7 Å². The van der Waals surface area contributed by atoms with Gasteiger partial charge in [0.05, 0.1) is 5.69 Å². The number of carbonyl (C=O) groups excluding carboxylic acids is 1. The third kappa shape index (κ3) is 3.43. The second kappa shape index (κ2) is 6.13. The lowest BCUT2D eigenvalue weighted by Crippen LogP contribution is -2.29. The summed E-state index contributed by atoms with van der Waals surface area (Å²) < 4.78 is 2.52. The number of amides is 1. The molecule has 3 heterocycles. The highest BCUT2D eigenvalue weighted by Gasteiger charge is 2.08. The zero-order chi connectivity index (χ0) is 16.2. The van der Waals surface area contributed by atoms with Gasteiger partial charge < -0.3 is 5.32 Å². The Morgan fingerprint density at radius 2 is 2.13 bits per heavy atom. The Morgan fingerprint density at radius 1 is 1.26 bits per heavy atom. The molecule has 3 aromatic rings. The van der Waals surface area contributed by atoms with Crippen LogP contribution in [0.25, 0.3) is 5.82 Å². The Kier molecular flexibility index (Phi) is 3.87. The van der Waals surface area contributed by atoms with Crippen LogP contribution in [0.1, 0.15) is 5.69 Å². The molecule has 0 saturated carbocycles. The van der Waals surface area contributed by atoms with E-state index in [4.69, 9.17) is 0 Å². The van der Waals surface area contributed by atoms with E-state index in [9.17, 15) is 9.59 Å². The van der Waals surface area contributed by atoms with Gasteiger partial charge in [-0.1, -0.05) is 0 Å². The average molecular weight is 312 g/mol. The summed E-state index contributed by atoms with van der Waals surface area (Å²) in [5.74, 6) is 0.322. The summed E-state index contributed by atoms with van der Waals surface area (Å²) in [4.78, 5) is 35.5. The van der Waals surface area contributed by atoms with Crippen LogP contribution in [0, 0.1) is 6.92 Å². The van der Waals surface area contributed by atoms with Crippen LogP contribution in [0.2, 0.25) is 0 Å². The predicted molar refractivity (Wildman–Crippen MR) is 78.8 cm³/mol. The van der Waals surface area contributed by atoms with Gasteiger partial charge in [0.25, 0.3) is 5.56 Å². The molecule has 0 aliphatic rings. The normalized spacial score (nSPS) is 10.5. The number of hydrogen-bond donors (Lipinski definition) is 1. The van der Waals surface area contributed by atoms with E-state index in [1.807, 2.05) is 0 Å². The fourth-order valence-corrected chi connectivity index (χ4v) is 1.85. The molecule has 1 amide bonds. The van der Waals surface area contributed by atoms with Crippen LogP contribution in [0.3, 0.4) is 0 Å². The molecular weight excluding hydrogens is 300 g/mol. The minimum absolute atomic E-state index is 0.205. The zero-order valence-electron chi connectivity index (χ0n) is 12.1. The van der Waals surface area contributed by atoms with Gasteiger partial charge >= 0.3 is 0 Å². The van der Waals surface area contributed by atoms with Crippen molar-refractivity contribution in [3.8, 4) is 5.82 Å².